The molecule has 1 radical (unpaired) electrons. The molecule has 28 heavy (non-hydrogen) atoms. The number of rotatable bonds is 1. The van der Waals surface area contributed by atoms with Crippen molar-refractivity contribution < 1.29 is 30.0 Å². The smallest absolute Gasteiger partial charge is 0.155 e. The number of benzene rings is 2. The normalized spacial score (nSPS) is 11.4. The second kappa shape index (κ2) is 8.50. The molecular weight excluding hydrogens is 567 g/mol. The fourth-order valence-corrected chi connectivity index (χ4v) is 5.40. The molecule has 5 aromatic rings. The Balaban J connectivity index is 0.000000246. The molecule has 0 atom stereocenters. The molecule has 2 aromatic carbocycles. The number of nitrogens with zero attached hydrogens (tertiary/aromatic N) is 1. The molecular formula is C22H16IrNO2S2-. The first kappa shape index (κ1) is 20.6. The molecule has 1 N–H and O–H groups in total. The van der Waals surface area contributed by atoms with Crippen LogP contribution in [0.5, 0.6) is 0 Å². The van der Waals surface area contributed by atoms with Gasteiger partial charge < -0.3 is 10.1 Å². The van der Waals surface area contributed by atoms with Gasteiger partial charge >= 0.3 is 0 Å². The number of thiophene rings is 1. The van der Waals surface area contributed by atoms with E-state index >= 15 is 0 Å². The molecule has 0 aliphatic heterocycles. The van der Waals surface area contributed by atoms with Gasteiger partial charge in [-0.3, -0.25) is 4.79 Å². The van der Waals surface area contributed by atoms with E-state index in [0.717, 1.165) is 10.9 Å². The number of ketones is 1. The van der Waals surface area contributed by atoms with Crippen LogP contribution in [0.4, 0.5) is 0 Å². The van der Waals surface area contributed by atoms with Crippen LogP contribution < -0.4 is 0 Å². The van der Waals surface area contributed by atoms with Crippen LogP contribution in [0.2, 0.25) is 0 Å². The molecule has 0 bridgehead atoms. The van der Waals surface area contributed by atoms with Crippen LogP contribution in [-0.4, -0.2) is 15.9 Å². The van der Waals surface area contributed by atoms with E-state index in [2.05, 4.69) is 41.4 Å². The molecule has 143 valence electrons. The quantitative estimate of drug-likeness (QED) is 0.137. The van der Waals surface area contributed by atoms with Crippen LogP contribution in [0.25, 0.3) is 40.5 Å². The van der Waals surface area contributed by atoms with Gasteiger partial charge in [-0.05, 0) is 42.9 Å². The number of carbonyl (C=O) groups excluding carboxylic acids is 1. The van der Waals surface area contributed by atoms with E-state index in [1.807, 2.05) is 41.0 Å². The van der Waals surface area contributed by atoms with Gasteiger partial charge in [-0.2, -0.15) is 11.3 Å². The second-order valence-electron chi connectivity index (χ2n) is 6.17. The number of fused-ring (bicyclic) bond motifs is 2. The summed E-state index contributed by atoms with van der Waals surface area (Å²) in [4.78, 5) is 14.7. The van der Waals surface area contributed by atoms with E-state index in [0.29, 0.717) is 0 Å². The monoisotopic (exact) mass is 583 g/mol. The fraction of sp³-hybridized carbons (Fsp3) is 0.0909. The minimum atomic E-state index is -0.125. The fourth-order valence-electron chi connectivity index (χ4n) is 3.11. The van der Waals surface area contributed by atoms with Crippen molar-refractivity contribution in [2.24, 2.45) is 0 Å². The molecule has 5 rings (SSSR count). The van der Waals surface area contributed by atoms with Gasteiger partial charge in [0.15, 0.2) is 5.78 Å². The summed E-state index contributed by atoms with van der Waals surface area (Å²) in [5.41, 5.74) is 1.07. The number of pyridine rings is 1. The van der Waals surface area contributed by atoms with Gasteiger partial charge in [-0.15, -0.1) is 41.0 Å². The summed E-state index contributed by atoms with van der Waals surface area (Å²) in [6.45, 7) is 2.85. The average molecular weight is 583 g/mol. The number of allylic oxidation sites excluding steroid dienone is 2. The first-order valence-electron chi connectivity index (χ1n) is 8.41. The largest absolute Gasteiger partial charge is 0.512 e. The molecule has 0 unspecified atom stereocenters. The summed E-state index contributed by atoms with van der Waals surface area (Å²) in [6, 6.07) is 18.2. The number of hydrogen-bond acceptors (Lipinski definition) is 5. The summed E-state index contributed by atoms with van der Waals surface area (Å²) < 4.78 is 5.21. The third kappa shape index (κ3) is 3.87. The van der Waals surface area contributed by atoms with Gasteiger partial charge in [0.25, 0.3) is 0 Å². The predicted molar refractivity (Wildman–Crippen MR) is 116 cm³/mol. The molecule has 0 saturated carbocycles. The second-order valence-corrected chi connectivity index (χ2v) is 8.34. The Morgan fingerprint density at radius 2 is 1.64 bits per heavy atom. The molecule has 3 aromatic heterocycles. The average Bonchev–Trinajstić information content (AvgIpc) is 2.93. The maximum absolute atomic E-state index is 10.0. The number of aromatic nitrogens is 1. The molecule has 6 heteroatoms. The van der Waals surface area contributed by atoms with Crippen LogP contribution in [0.3, 0.4) is 0 Å². The maximum atomic E-state index is 10.0. The first-order valence-corrected chi connectivity index (χ1v) is 10.0. The Morgan fingerprint density at radius 1 is 1.00 bits per heavy atom. The van der Waals surface area contributed by atoms with Crippen LogP contribution in [0.1, 0.15) is 13.8 Å². The summed E-state index contributed by atoms with van der Waals surface area (Å²) in [7, 11) is 0. The van der Waals surface area contributed by atoms with E-state index in [1.165, 1.54) is 49.5 Å². The van der Waals surface area contributed by atoms with Crippen LogP contribution >= 0.6 is 22.7 Å². The SMILES string of the molecule is CC(=O)/C=C(/C)O.[Ir].[c-]1cccc2sc3cccc4sc5ccnc(c12)c5c34. The van der Waals surface area contributed by atoms with Crippen LogP contribution in [-0.2, 0) is 24.9 Å². The van der Waals surface area contributed by atoms with Crippen LogP contribution in [0.15, 0.2) is 60.5 Å². The van der Waals surface area contributed by atoms with E-state index in [9.17, 15) is 4.79 Å². The zero-order chi connectivity index (χ0) is 19.0. The van der Waals surface area contributed by atoms with Gasteiger partial charge in [0.2, 0.25) is 0 Å². The Labute approximate surface area is 183 Å². The van der Waals surface area contributed by atoms with Crippen LogP contribution in [0, 0.1) is 6.07 Å². The van der Waals surface area contributed by atoms with Gasteiger partial charge in [0, 0.05) is 51.9 Å². The molecule has 0 aliphatic carbocycles. The van der Waals surface area contributed by atoms with Gasteiger partial charge in [-0.1, -0.05) is 10.8 Å². The molecule has 3 heterocycles. The Morgan fingerprint density at radius 3 is 2.29 bits per heavy atom. The molecule has 0 fully saturated rings. The Kier molecular flexibility index (Phi) is 6.26. The van der Waals surface area contributed by atoms with Gasteiger partial charge in [0.1, 0.15) is 0 Å². The number of aliphatic hydroxyl groups is 1. The molecule has 0 saturated heterocycles. The topological polar surface area (TPSA) is 50.2 Å². The van der Waals surface area contributed by atoms with Crippen molar-refractivity contribution in [3.63, 3.8) is 0 Å². The van der Waals surface area contributed by atoms with E-state index in [4.69, 9.17) is 5.11 Å². The number of aliphatic hydroxyl groups excluding tert-OH is 1. The number of hydrogen-bond donors (Lipinski definition) is 1. The van der Waals surface area contributed by atoms with Crippen molar-refractivity contribution in [1.29, 1.82) is 0 Å². The van der Waals surface area contributed by atoms with Crippen molar-refractivity contribution in [2.75, 3.05) is 0 Å². The Bertz CT molecular complexity index is 1330. The van der Waals surface area contributed by atoms with Gasteiger partial charge in [0.05, 0.1) is 5.76 Å². The first-order chi connectivity index (χ1) is 13.0. The number of carbonyl (C=O) groups is 1. The van der Waals surface area contributed by atoms with E-state index in [1.54, 1.807) is 0 Å². The third-order valence-electron chi connectivity index (χ3n) is 4.06. The third-order valence-corrected chi connectivity index (χ3v) is 6.30. The summed E-state index contributed by atoms with van der Waals surface area (Å²) in [5, 5.41) is 12.1. The molecule has 0 aliphatic rings. The minimum absolute atomic E-state index is 0. The van der Waals surface area contributed by atoms with Gasteiger partial charge in [-0.25, -0.2) is 0 Å². The minimum Gasteiger partial charge on any atom is -0.512 e. The summed E-state index contributed by atoms with van der Waals surface area (Å²) >= 11 is 3.67. The van der Waals surface area contributed by atoms with Crippen molar-refractivity contribution in [2.45, 2.75) is 13.8 Å². The zero-order valence-corrected chi connectivity index (χ0v) is 19.2. The van der Waals surface area contributed by atoms with Crippen molar-refractivity contribution in [3.05, 3.63) is 66.6 Å². The summed E-state index contributed by atoms with van der Waals surface area (Å²) in [5.74, 6) is -0.0625. The summed E-state index contributed by atoms with van der Waals surface area (Å²) in [6.07, 6.45) is 3.08. The van der Waals surface area contributed by atoms with Crippen molar-refractivity contribution >= 4 is 68.9 Å². The molecule has 0 amide bonds. The Hall–Kier alpha value is -2.11. The van der Waals surface area contributed by atoms with Crippen molar-refractivity contribution in [1.82, 2.24) is 4.98 Å². The van der Waals surface area contributed by atoms with E-state index < -0.39 is 0 Å². The zero-order valence-electron chi connectivity index (χ0n) is 15.1. The molecule has 3 nitrogen and oxygen atoms in total. The predicted octanol–water partition coefficient (Wildman–Crippen LogP) is 6.65. The molecule has 0 spiro atoms. The maximum Gasteiger partial charge on any atom is 0.155 e. The van der Waals surface area contributed by atoms with Crippen molar-refractivity contribution in [3.8, 4) is 0 Å². The standard InChI is InChI=1S/C17H8NS2.C5H8O2.Ir/c1-2-5-11-10(4-1)17-16-14(8-9-18-17)20-13-7-3-6-12(19-11)15(13)16;1-4(6)3-5(2)7;/h1-3,5-9H;3,6H,1-2H3;/q-1;;/b;4-3-;. The van der Waals surface area contributed by atoms with E-state index in [-0.39, 0.29) is 31.6 Å².